The van der Waals surface area contributed by atoms with Crippen molar-refractivity contribution >= 4 is 31.8 Å². The highest BCUT2D eigenvalue weighted by Gasteiger charge is 2.22. The molecular weight excluding hydrogens is 322 g/mol. The third-order valence-corrected chi connectivity index (χ3v) is 4.61. The summed E-state index contributed by atoms with van der Waals surface area (Å²) >= 11 is 3.18. The number of aromatic nitrogens is 1. The number of nitrogens with zero attached hydrogens (tertiary/aromatic N) is 1. The van der Waals surface area contributed by atoms with E-state index in [1.54, 1.807) is 0 Å². The summed E-state index contributed by atoms with van der Waals surface area (Å²) in [6, 6.07) is 1.44. The van der Waals surface area contributed by atoms with Crippen LogP contribution in [0.4, 0.5) is 5.82 Å². The first-order valence-corrected chi connectivity index (χ1v) is 7.75. The molecule has 0 aliphatic carbocycles. The number of ether oxygens (including phenoxy) is 1. The van der Waals surface area contributed by atoms with Crippen molar-refractivity contribution in [1.29, 1.82) is 0 Å². The van der Waals surface area contributed by atoms with Gasteiger partial charge in [0, 0.05) is 23.8 Å². The molecule has 1 saturated heterocycles. The molecule has 1 unspecified atom stereocenters. The lowest BCUT2D eigenvalue weighted by molar-refractivity contribution is 0.186. The fourth-order valence-electron chi connectivity index (χ4n) is 1.70. The number of rotatable bonds is 4. The van der Waals surface area contributed by atoms with E-state index in [0.29, 0.717) is 24.2 Å². The van der Waals surface area contributed by atoms with Crippen LogP contribution >= 0.6 is 15.9 Å². The lowest BCUT2D eigenvalue weighted by Gasteiger charge is -2.11. The smallest absolute Gasteiger partial charge is 0.244 e. The Bertz CT molecular complexity index is 529. The Morgan fingerprint density at radius 1 is 1.61 bits per heavy atom. The highest BCUT2D eigenvalue weighted by molar-refractivity contribution is 9.10. The minimum Gasteiger partial charge on any atom is -0.383 e. The van der Waals surface area contributed by atoms with Crippen LogP contribution in [0.1, 0.15) is 6.42 Å². The molecule has 0 saturated carbocycles. The Morgan fingerprint density at radius 2 is 2.39 bits per heavy atom. The van der Waals surface area contributed by atoms with Gasteiger partial charge in [-0.15, -0.1) is 0 Å². The van der Waals surface area contributed by atoms with Gasteiger partial charge in [0.25, 0.3) is 0 Å². The molecule has 1 aliphatic heterocycles. The van der Waals surface area contributed by atoms with Crippen LogP contribution in [0.25, 0.3) is 0 Å². The monoisotopic (exact) mass is 335 g/mol. The zero-order valence-corrected chi connectivity index (χ0v) is 12.0. The van der Waals surface area contributed by atoms with Crippen molar-refractivity contribution in [1.82, 2.24) is 9.71 Å². The van der Waals surface area contributed by atoms with Gasteiger partial charge in [-0.1, -0.05) is 0 Å². The molecule has 6 nitrogen and oxygen atoms in total. The van der Waals surface area contributed by atoms with E-state index in [2.05, 4.69) is 25.6 Å². The van der Waals surface area contributed by atoms with Gasteiger partial charge in [-0.2, -0.15) is 0 Å². The Morgan fingerprint density at radius 3 is 3.06 bits per heavy atom. The van der Waals surface area contributed by atoms with Crippen molar-refractivity contribution in [3.8, 4) is 0 Å². The van der Waals surface area contributed by atoms with Crippen molar-refractivity contribution in [3.63, 3.8) is 0 Å². The molecule has 2 rings (SSSR count). The first kappa shape index (κ1) is 13.7. The van der Waals surface area contributed by atoms with Crippen LogP contribution in [-0.4, -0.2) is 33.2 Å². The van der Waals surface area contributed by atoms with E-state index in [1.807, 2.05) is 0 Å². The fourth-order valence-corrected chi connectivity index (χ4v) is 3.40. The lowest BCUT2D eigenvalue weighted by Crippen LogP contribution is -2.30. The zero-order valence-electron chi connectivity index (χ0n) is 9.60. The molecule has 0 aromatic carbocycles. The van der Waals surface area contributed by atoms with E-state index >= 15 is 0 Å². The molecule has 18 heavy (non-hydrogen) atoms. The summed E-state index contributed by atoms with van der Waals surface area (Å²) in [6.45, 7) is 1.63. The largest absolute Gasteiger partial charge is 0.383 e. The molecule has 1 aliphatic rings. The van der Waals surface area contributed by atoms with Crippen molar-refractivity contribution in [3.05, 3.63) is 16.7 Å². The predicted molar refractivity (Wildman–Crippen MR) is 70.5 cm³/mol. The van der Waals surface area contributed by atoms with Gasteiger partial charge >= 0.3 is 0 Å². The molecule has 1 atom stereocenters. The van der Waals surface area contributed by atoms with Gasteiger partial charge in [-0.25, -0.2) is 18.1 Å². The number of hydrogen-bond donors (Lipinski definition) is 2. The van der Waals surface area contributed by atoms with E-state index < -0.39 is 10.0 Å². The number of hydrogen-bond acceptors (Lipinski definition) is 5. The average molecular weight is 336 g/mol. The average Bonchev–Trinajstić information content (AvgIpc) is 2.83. The van der Waals surface area contributed by atoms with Gasteiger partial charge in [0.05, 0.1) is 6.61 Å². The minimum atomic E-state index is -3.62. The first-order chi connectivity index (χ1) is 8.49. The summed E-state index contributed by atoms with van der Waals surface area (Å²) in [7, 11) is -3.62. The van der Waals surface area contributed by atoms with E-state index in [-0.39, 0.29) is 16.6 Å². The van der Waals surface area contributed by atoms with Crippen LogP contribution in [0.5, 0.6) is 0 Å². The van der Waals surface area contributed by atoms with Crippen LogP contribution in [0.15, 0.2) is 21.6 Å². The van der Waals surface area contributed by atoms with E-state index in [0.717, 1.165) is 6.42 Å². The third-order valence-electron chi connectivity index (χ3n) is 2.72. The Hall–Kier alpha value is -0.700. The predicted octanol–water partition coefficient (Wildman–Crippen LogP) is 0.741. The molecule has 0 spiro atoms. The molecular formula is C10H14BrN3O3S. The Balaban J connectivity index is 2.12. The number of anilines is 1. The zero-order chi connectivity index (χ0) is 13.2. The van der Waals surface area contributed by atoms with Crippen molar-refractivity contribution in [2.45, 2.75) is 11.3 Å². The highest BCUT2D eigenvalue weighted by atomic mass is 79.9. The number of sulfonamides is 1. The standard InChI is InChI=1S/C10H14BrN3O3S/c11-8-3-9(10(12)13-5-8)18(15,16)14-4-7-1-2-17-6-7/h3,5,7,14H,1-2,4,6H2,(H2,12,13). The molecule has 0 bridgehead atoms. The summed E-state index contributed by atoms with van der Waals surface area (Å²) in [4.78, 5) is 3.81. The van der Waals surface area contributed by atoms with Crippen LogP contribution in [-0.2, 0) is 14.8 Å². The molecule has 3 N–H and O–H groups in total. The summed E-state index contributed by atoms with van der Waals surface area (Å²) < 4.78 is 32.4. The third kappa shape index (κ3) is 3.19. The molecule has 0 radical (unpaired) electrons. The fraction of sp³-hybridized carbons (Fsp3) is 0.500. The van der Waals surface area contributed by atoms with Gasteiger partial charge < -0.3 is 10.5 Å². The molecule has 1 aromatic rings. The molecule has 8 heteroatoms. The van der Waals surface area contributed by atoms with Crippen LogP contribution < -0.4 is 10.5 Å². The number of nitrogens with two attached hydrogens (primary N) is 1. The van der Waals surface area contributed by atoms with Crippen LogP contribution in [0.2, 0.25) is 0 Å². The molecule has 2 heterocycles. The van der Waals surface area contributed by atoms with Crippen molar-refractivity contribution < 1.29 is 13.2 Å². The second-order valence-electron chi connectivity index (χ2n) is 4.12. The number of nitrogen functional groups attached to an aromatic ring is 1. The maximum absolute atomic E-state index is 12.1. The first-order valence-electron chi connectivity index (χ1n) is 5.47. The number of pyridine rings is 1. The van der Waals surface area contributed by atoms with Crippen molar-refractivity contribution in [2.24, 2.45) is 5.92 Å². The van der Waals surface area contributed by atoms with Gasteiger partial charge in [-0.05, 0) is 34.3 Å². The SMILES string of the molecule is Nc1ncc(Br)cc1S(=O)(=O)NCC1CCOC1. The molecule has 0 amide bonds. The van der Waals surface area contributed by atoms with E-state index in [9.17, 15) is 8.42 Å². The number of nitrogens with one attached hydrogen (secondary N) is 1. The lowest BCUT2D eigenvalue weighted by atomic mass is 10.1. The van der Waals surface area contributed by atoms with Crippen LogP contribution in [0.3, 0.4) is 0 Å². The summed E-state index contributed by atoms with van der Waals surface area (Å²) in [5.41, 5.74) is 5.58. The van der Waals surface area contributed by atoms with Gasteiger partial charge in [0.1, 0.15) is 10.7 Å². The van der Waals surface area contributed by atoms with Gasteiger partial charge in [0.15, 0.2) is 0 Å². The maximum atomic E-state index is 12.1. The number of halogens is 1. The highest BCUT2D eigenvalue weighted by Crippen LogP contribution is 2.21. The topological polar surface area (TPSA) is 94.3 Å². The second kappa shape index (κ2) is 5.52. The quantitative estimate of drug-likeness (QED) is 0.846. The summed E-state index contributed by atoms with van der Waals surface area (Å²) in [5.74, 6) is 0.217. The van der Waals surface area contributed by atoms with E-state index in [1.165, 1.54) is 12.3 Å². The Labute approximate surface area is 114 Å². The second-order valence-corrected chi connectivity index (χ2v) is 6.77. The molecule has 1 fully saturated rings. The summed E-state index contributed by atoms with van der Waals surface area (Å²) in [5, 5.41) is 0. The summed E-state index contributed by atoms with van der Waals surface area (Å²) in [6.07, 6.45) is 2.33. The maximum Gasteiger partial charge on any atom is 0.244 e. The van der Waals surface area contributed by atoms with Gasteiger partial charge in [0.2, 0.25) is 10.0 Å². The normalized spacial score (nSPS) is 20.2. The van der Waals surface area contributed by atoms with Gasteiger partial charge in [-0.3, -0.25) is 0 Å². The molecule has 100 valence electrons. The Kier molecular flexibility index (Phi) is 4.21. The minimum absolute atomic E-state index is 0.00390. The van der Waals surface area contributed by atoms with Crippen LogP contribution in [0, 0.1) is 5.92 Å². The van der Waals surface area contributed by atoms with Crippen molar-refractivity contribution in [2.75, 3.05) is 25.5 Å². The molecule has 1 aromatic heterocycles. The van der Waals surface area contributed by atoms with E-state index in [4.69, 9.17) is 10.5 Å².